The first-order valence-electron chi connectivity index (χ1n) is 5.96. The molecule has 0 saturated carbocycles. The van der Waals surface area contributed by atoms with Gasteiger partial charge in [-0.2, -0.15) is 0 Å². The molecule has 0 atom stereocenters. The van der Waals surface area contributed by atoms with Crippen LogP contribution in [0.5, 0.6) is 0 Å². The maximum Gasteiger partial charge on any atom is 0.130 e. The summed E-state index contributed by atoms with van der Waals surface area (Å²) in [7, 11) is 0. The molecule has 94 valence electrons. The molecule has 3 rings (SSSR count). The van der Waals surface area contributed by atoms with Crippen molar-refractivity contribution in [2.24, 2.45) is 0 Å². The van der Waals surface area contributed by atoms with E-state index in [9.17, 15) is 0 Å². The molecule has 0 aliphatic carbocycles. The first-order chi connectivity index (χ1) is 9.22. The quantitative estimate of drug-likeness (QED) is 0.759. The monoisotopic (exact) mass is 313 g/mol. The van der Waals surface area contributed by atoms with Crippen LogP contribution in [0.25, 0.3) is 10.9 Å². The number of hydrogen-bond acceptors (Lipinski definition) is 3. The van der Waals surface area contributed by atoms with Gasteiger partial charge in [0.2, 0.25) is 0 Å². The van der Waals surface area contributed by atoms with Gasteiger partial charge in [0.1, 0.15) is 5.82 Å². The van der Waals surface area contributed by atoms with Gasteiger partial charge in [-0.05, 0) is 46.6 Å². The molecule has 0 spiro atoms. The molecule has 1 N–H and O–H groups in total. The van der Waals surface area contributed by atoms with E-state index >= 15 is 0 Å². The maximum absolute atomic E-state index is 4.42. The molecule has 0 aliphatic rings. The van der Waals surface area contributed by atoms with Crippen LogP contribution in [0.3, 0.4) is 0 Å². The second kappa shape index (κ2) is 4.97. The lowest BCUT2D eigenvalue weighted by Gasteiger charge is -2.07. The fourth-order valence-electron chi connectivity index (χ4n) is 1.89. The Morgan fingerprint density at radius 2 is 1.89 bits per heavy atom. The molecule has 0 saturated heterocycles. The zero-order valence-corrected chi connectivity index (χ0v) is 12.0. The molecule has 0 amide bonds. The van der Waals surface area contributed by atoms with Crippen molar-refractivity contribution in [2.45, 2.75) is 6.92 Å². The van der Waals surface area contributed by atoms with E-state index in [1.165, 1.54) is 0 Å². The average molecular weight is 314 g/mol. The first kappa shape index (κ1) is 12.1. The Labute approximate surface area is 119 Å². The largest absolute Gasteiger partial charge is 0.339 e. The standard InChI is InChI=1S/C15H12BrN3/c1-10-6-15(18-9-13(10)16)19-12-7-11-4-2-3-5-14(11)17-8-12/h2-9H,1H3,(H,18,19). The summed E-state index contributed by atoms with van der Waals surface area (Å²) in [6, 6.07) is 12.1. The molecule has 4 heteroatoms. The van der Waals surface area contributed by atoms with Crippen LogP contribution in [0.1, 0.15) is 5.56 Å². The number of anilines is 2. The van der Waals surface area contributed by atoms with E-state index < -0.39 is 0 Å². The lowest BCUT2D eigenvalue weighted by molar-refractivity contribution is 1.25. The van der Waals surface area contributed by atoms with Crippen LogP contribution < -0.4 is 5.32 Å². The van der Waals surface area contributed by atoms with Crippen LogP contribution in [-0.2, 0) is 0 Å². The van der Waals surface area contributed by atoms with Crippen LogP contribution in [0.2, 0.25) is 0 Å². The van der Waals surface area contributed by atoms with Gasteiger partial charge in [-0.25, -0.2) is 4.98 Å². The predicted molar refractivity (Wildman–Crippen MR) is 81.7 cm³/mol. The fourth-order valence-corrected chi connectivity index (χ4v) is 2.11. The first-order valence-corrected chi connectivity index (χ1v) is 6.75. The van der Waals surface area contributed by atoms with Crippen LogP contribution >= 0.6 is 15.9 Å². The van der Waals surface area contributed by atoms with Crippen molar-refractivity contribution in [2.75, 3.05) is 5.32 Å². The van der Waals surface area contributed by atoms with Gasteiger partial charge in [-0.3, -0.25) is 4.98 Å². The lowest BCUT2D eigenvalue weighted by atomic mass is 10.2. The molecule has 0 bridgehead atoms. The Kier molecular flexibility index (Phi) is 3.17. The highest BCUT2D eigenvalue weighted by Crippen LogP contribution is 2.22. The number of para-hydroxylation sites is 1. The molecular weight excluding hydrogens is 302 g/mol. The summed E-state index contributed by atoms with van der Waals surface area (Å²) >= 11 is 3.44. The van der Waals surface area contributed by atoms with Crippen molar-refractivity contribution in [3.63, 3.8) is 0 Å². The number of fused-ring (bicyclic) bond motifs is 1. The zero-order valence-electron chi connectivity index (χ0n) is 10.4. The van der Waals surface area contributed by atoms with E-state index in [0.29, 0.717) is 0 Å². The second-order valence-electron chi connectivity index (χ2n) is 4.36. The minimum absolute atomic E-state index is 0.817. The molecule has 0 aliphatic heterocycles. The van der Waals surface area contributed by atoms with E-state index in [1.807, 2.05) is 43.5 Å². The maximum atomic E-state index is 4.42. The second-order valence-corrected chi connectivity index (χ2v) is 5.21. The molecule has 2 aromatic heterocycles. The number of hydrogen-bond donors (Lipinski definition) is 1. The Morgan fingerprint density at radius 1 is 1.05 bits per heavy atom. The number of rotatable bonds is 2. The van der Waals surface area contributed by atoms with Gasteiger partial charge in [0.15, 0.2) is 0 Å². The van der Waals surface area contributed by atoms with Gasteiger partial charge in [0.25, 0.3) is 0 Å². The van der Waals surface area contributed by atoms with Crippen molar-refractivity contribution in [3.8, 4) is 0 Å². The topological polar surface area (TPSA) is 37.8 Å². The Balaban J connectivity index is 1.94. The highest BCUT2D eigenvalue weighted by Gasteiger charge is 2.01. The third-order valence-corrected chi connectivity index (χ3v) is 3.74. The van der Waals surface area contributed by atoms with Crippen LogP contribution in [0.4, 0.5) is 11.5 Å². The molecule has 0 radical (unpaired) electrons. The van der Waals surface area contributed by atoms with Gasteiger partial charge < -0.3 is 5.32 Å². The Hall–Kier alpha value is -1.94. The molecule has 1 aromatic carbocycles. The molecule has 0 fully saturated rings. The summed E-state index contributed by atoms with van der Waals surface area (Å²) in [5.41, 5.74) is 3.08. The van der Waals surface area contributed by atoms with Crippen LogP contribution in [0.15, 0.2) is 53.3 Å². The minimum Gasteiger partial charge on any atom is -0.339 e. The molecule has 3 nitrogen and oxygen atoms in total. The molecular formula is C15H12BrN3. The summed E-state index contributed by atoms with van der Waals surface area (Å²) in [5.74, 6) is 0.817. The SMILES string of the molecule is Cc1cc(Nc2cnc3ccccc3c2)ncc1Br. The van der Waals surface area contributed by atoms with Gasteiger partial charge in [0.05, 0.1) is 17.4 Å². The van der Waals surface area contributed by atoms with Gasteiger partial charge >= 0.3 is 0 Å². The lowest BCUT2D eigenvalue weighted by Crippen LogP contribution is -1.95. The fraction of sp³-hybridized carbons (Fsp3) is 0.0667. The minimum atomic E-state index is 0.817. The highest BCUT2D eigenvalue weighted by atomic mass is 79.9. The highest BCUT2D eigenvalue weighted by molar-refractivity contribution is 9.10. The van der Waals surface area contributed by atoms with Gasteiger partial charge in [-0.1, -0.05) is 18.2 Å². The van der Waals surface area contributed by atoms with Gasteiger partial charge in [-0.15, -0.1) is 0 Å². The van der Waals surface area contributed by atoms with E-state index in [1.54, 1.807) is 6.20 Å². The van der Waals surface area contributed by atoms with E-state index in [-0.39, 0.29) is 0 Å². The van der Waals surface area contributed by atoms with E-state index in [0.717, 1.165) is 32.4 Å². The molecule has 2 heterocycles. The van der Waals surface area contributed by atoms with E-state index in [2.05, 4.69) is 37.3 Å². The normalized spacial score (nSPS) is 10.6. The third kappa shape index (κ3) is 2.58. The summed E-state index contributed by atoms with van der Waals surface area (Å²) in [5, 5.41) is 4.38. The van der Waals surface area contributed by atoms with Crippen molar-refractivity contribution in [1.82, 2.24) is 9.97 Å². The number of pyridine rings is 2. The van der Waals surface area contributed by atoms with E-state index in [4.69, 9.17) is 0 Å². The average Bonchev–Trinajstić information content (AvgIpc) is 2.43. The number of halogens is 1. The molecule has 0 unspecified atom stereocenters. The third-order valence-electron chi connectivity index (χ3n) is 2.91. The van der Waals surface area contributed by atoms with Crippen molar-refractivity contribution in [3.05, 3.63) is 58.8 Å². The summed E-state index contributed by atoms with van der Waals surface area (Å²) < 4.78 is 1.01. The predicted octanol–water partition coefficient (Wildman–Crippen LogP) is 4.44. The Bertz CT molecular complexity index is 740. The zero-order chi connectivity index (χ0) is 13.2. The molecule has 19 heavy (non-hydrogen) atoms. The smallest absolute Gasteiger partial charge is 0.130 e. The Morgan fingerprint density at radius 3 is 2.74 bits per heavy atom. The van der Waals surface area contributed by atoms with Gasteiger partial charge in [0, 0.05) is 16.1 Å². The number of benzene rings is 1. The summed E-state index contributed by atoms with van der Waals surface area (Å²) in [6.07, 6.45) is 3.62. The summed E-state index contributed by atoms with van der Waals surface area (Å²) in [6.45, 7) is 2.04. The van der Waals surface area contributed by atoms with Crippen LogP contribution in [0, 0.1) is 6.92 Å². The number of nitrogens with one attached hydrogen (secondary N) is 1. The number of aryl methyl sites for hydroxylation is 1. The van der Waals surface area contributed by atoms with Crippen molar-refractivity contribution >= 4 is 38.3 Å². The molecule has 3 aromatic rings. The number of aromatic nitrogens is 2. The summed E-state index contributed by atoms with van der Waals surface area (Å²) in [4.78, 5) is 8.75. The van der Waals surface area contributed by atoms with Crippen molar-refractivity contribution in [1.29, 1.82) is 0 Å². The number of nitrogens with zero attached hydrogens (tertiary/aromatic N) is 2. The van der Waals surface area contributed by atoms with Crippen molar-refractivity contribution < 1.29 is 0 Å². The van der Waals surface area contributed by atoms with Crippen LogP contribution in [-0.4, -0.2) is 9.97 Å².